The van der Waals surface area contributed by atoms with Gasteiger partial charge in [-0.25, -0.2) is 9.97 Å². The second-order valence-corrected chi connectivity index (χ2v) is 7.72. The summed E-state index contributed by atoms with van der Waals surface area (Å²) in [4.78, 5) is 26.4. The first-order valence-corrected chi connectivity index (χ1v) is 10.4. The number of piperidine rings is 1. The van der Waals surface area contributed by atoms with Gasteiger partial charge in [0.1, 0.15) is 0 Å². The van der Waals surface area contributed by atoms with Crippen molar-refractivity contribution in [1.29, 1.82) is 0 Å². The summed E-state index contributed by atoms with van der Waals surface area (Å²) in [5.74, 6) is 0.632. The van der Waals surface area contributed by atoms with Crippen molar-refractivity contribution in [1.82, 2.24) is 15.3 Å². The van der Waals surface area contributed by atoms with Crippen LogP contribution in [0.5, 0.6) is 0 Å². The molecule has 28 heavy (non-hydrogen) atoms. The van der Waals surface area contributed by atoms with Crippen LogP contribution in [-0.2, 0) is 6.54 Å². The van der Waals surface area contributed by atoms with E-state index >= 15 is 0 Å². The van der Waals surface area contributed by atoms with Crippen molar-refractivity contribution in [3.05, 3.63) is 47.3 Å². The number of carbonyl (C=O) groups excluding carboxylic acids is 1. The first kappa shape index (κ1) is 18.7. The van der Waals surface area contributed by atoms with Crippen LogP contribution in [0.1, 0.15) is 53.7 Å². The average Bonchev–Trinajstić information content (AvgIpc) is 3.27. The lowest BCUT2D eigenvalue weighted by Crippen LogP contribution is -2.32. The Balaban J connectivity index is 1.43. The lowest BCUT2D eigenvalue weighted by atomic mass is 10.1. The van der Waals surface area contributed by atoms with Crippen molar-refractivity contribution in [2.24, 2.45) is 0 Å². The Kier molecular flexibility index (Phi) is 5.74. The number of hydrogen-bond acceptors (Lipinski definition) is 5. The molecule has 0 unspecified atom stereocenters. The van der Waals surface area contributed by atoms with Crippen LogP contribution >= 0.6 is 0 Å². The van der Waals surface area contributed by atoms with Crippen molar-refractivity contribution in [3.8, 4) is 0 Å². The highest BCUT2D eigenvalue weighted by atomic mass is 16.1. The third-order valence-corrected chi connectivity index (χ3v) is 5.73. The van der Waals surface area contributed by atoms with Crippen LogP contribution < -0.4 is 15.1 Å². The topological polar surface area (TPSA) is 61.4 Å². The Morgan fingerprint density at radius 3 is 2.43 bits per heavy atom. The lowest BCUT2D eigenvalue weighted by Gasteiger charge is -2.26. The monoisotopic (exact) mass is 379 g/mol. The molecule has 148 valence electrons. The molecule has 4 rings (SSSR count). The van der Waals surface area contributed by atoms with Gasteiger partial charge in [0.05, 0.1) is 11.3 Å². The largest absolute Gasteiger partial charge is 0.371 e. The number of nitrogens with one attached hydrogen (secondary N) is 1. The summed E-state index contributed by atoms with van der Waals surface area (Å²) >= 11 is 0. The number of carbonyl (C=O) groups is 1. The number of rotatable bonds is 5. The maximum atomic E-state index is 12.7. The zero-order chi connectivity index (χ0) is 19.3. The number of aryl methyl sites for hydroxylation is 1. The molecule has 0 saturated carbocycles. The highest BCUT2D eigenvalue weighted by Crippen LogP contribution is 2.24. The van der Waals surface area contributed by atoms with Gasteiger partial charge in [-0.1, -0.05) is 18.2 Å². The summed E-state index contributed by atoms with van der Waals surface area (Å²) in [6.07, 6.45) is 7.78. The van der Waals surface area contributed by atoms with Gasteiger partial charge in [-0.3, -0.25) is 4.79 Å². The molecule has 6 heteroatoms. The van der Waals surface area contributed by atoms with E-state index in [1.165, 1.54) is 37.8 Å². The van der Waals surface area contributed by atoms with Crippen LogP contribution in [0, 0.1) is 6.92 Å². The summed E-state index contributed by atoms with van der Waals surface area (Å²) in [5, 5.41) is 3.06. The molecule has 1 amide bonds. The molecular weight excluding hydrogens is 350 g/mol. The maximum Gasteiger partial charge on any atom is 0.254 e. The Labute approximate surface area is 167 Å². The number of hydrogen-bond donors (Lipinski definition) is 1. The molecule has 2 aliphatic rings. The Morgan fingerprint density at radius 1 is 1.00 bits per heavy atom. The van der Waals surface area contributed by atoms with E-state index < -0.39 is 0 Å². The normalized spacial score (nSPS) is 17.0. The molecule has 1 N–H and O–H groups in total. The van der Waals surface area contributed by atoms with Crippen LogP contribution in [0.15, 0.2) is 30.5 Å². The van der Waals surface area contributed by atoms with Gasteiger partial charge in [0.25, 0.3) is 5.91 Å². The summed E-state index contributed by atoms with van der Waals surface area (Å²) in [7, 11) is 0. The summed E-state index contributed by atoms with van der Waals surface area (Å²) in [5.41, 5.74) is 3.68. The standard InChI is InChI=1S/C22H29N5O/c1-17-19(16-24-22(25-17)27-13-5-2-6-14-27)21(28)23-15-18-9-3-4-10-20(18)26-11-7-8-12-26/h3-4,9-10,16H,2,5-8,11-15H2,1H3,(H,23,28). The van der Waals surface area contributed by atoms with Crippen LogP contribution in [0.25, 0.3) is 0 Å². The minimum absolute atomic E-state index is 0.112. The second kappa shape index (κ2) is 8.59. The molecule has 0 radical (unpaired) electrons. The fourth-order valence-corrected chi connectivity index (χ4v) is 4.12. The minimum atomic E-state index is -0.112. The summed E-state index contributed by atoms with van der Waals surface area (Å²) < 4.78 is 0. The highest BCUT2D eigenvalue weighted by molar-refractivity contribution is 5.95. The molecule has 0 bridgehead atoms. The maximum absolute atomic E-state index is 12.7. The van der Waals surface area contributed by atoms with Gasteiger partial charge in [0, 0.05) is 44.6 Å². The van der Waals surface area contributed by atoms with Gasteiger partial charge in [-0.05, 0) is 50.7 Å². The van der Waals surface area contributed by atoms with Crippen molar-refractivity contribution >= 4 is 17.5 Å². The molecule has 2 aliphatic heterocycles. The molecule has 2 fully saturated rings. The molecule has 3 heterocycles. The third-order valence-electron chi connectivity index (χ3n) is 5.73. The van der Waals surface area contributed by atoms with E-state index in [0.29, 0.717) is 12.1 Å². The van der Waals surface area contributed by atoms with Crippen molar-refractivity contribution in [3.63, 3.8) is 0 Å². The van der Waals surface area contributed by atoms with Gasteiger partial charge >= 0.3 is 0 Å². The van der Waals surface area contributed by atoms with E-state index in [0.717, 1.165) is 43.4 Å². The van der Waals surface area contributed by atoms with E-state index in [9.17, 15) is 4.79 Å². The van der Waals surface area contributed by atoms with Crippen LogP contribution in [0.2, 0.25) is 0 Å². The van der Waals surface area contributed by atoms with Crippen LogP contribution in [0.3, 0.4) is 0 Å². The predicted molar refractivity (Wildman–Crippen MR) is 112 cm³/mol. The van der Waals surface area contributed by atoms with E-state index in [-0.39, 0.29) is 5.91 Å². The smallest absolute Gasteiger partial charge is 0.254 e. The molecule has 0 atom stereocenters. The molecule has 0 spiro atoms. The number of aromatic nitrogens is 2. The number of anilines is 2. The fraction of sp³-hybridized carbons (Fsp3) is 0.500. The number of para-hydroxylation sites is 1. The number of amides is 1. The Hall–Kier alpha value is -2.63. The third kappa shape index (κ3) is 4.11. The molecule has 6 nitrogen and oxygen atoms in total. The molecular formula is C22H29N5O. The van der Waals surface area contributed by atoms with Gasteiger partial charge < -0.3 is 15.1 Å². The number of benzene rings is 1. The zero-order valence-electron chi connectivity index (χ0n) is 16.7. The minimum Gasteiger partial charge on any atom is -0.371 e. The summed E-state index contributed by atoms with van der Waals surface area (Å²) in [6.45, 7) is 6.59. The molecule has 2 saturated heterocycles. The van der Waals surface area contributed by atoms with E-state index in [2.05, 4.69) is 43.3 Å². The molecule has 1 aromatic heterocycles. The zero-order valence-corrected chi connectivity index (χ0v) is 16.7. The van der Waals surface area contributed by atoms with E-state index in [1.54, 1.807) is 6.20 Å². The Bertz CT molecular complexity index is 825. The van der Waals surface area contributed by atoms with Crippen LogP contribution in [-0.4, -0.2) is 42.1 Å². The van der Waals surface area contributed by atoms with Gasteiger partial charge in [-0.15, -0.1) is 0 Å². The quantitative estimate of drug-likeness (QED) is 0.864. The lowest BCUT2D eigenvalue weighted by molar-refractivity contribution is 0.0949. The first-order chi connectivity index (χ1) is 13.7. The highest BCUT2D eigenvalue weighted by Gasteiger charge is 2.18. The summed E-state index contributed by atoms with van der Waals surface area (Å²) in [6, 6.07) is 8.34. The van der Waals surface area contributed by atoms with Gasteiger partial charge in [-0.2, -0.15) is 0 Å². The fourth-order valence-electron chi connectivity index (χ4n) is 4.12. The van der Waals surface area contributed by atoms with Crippen molar-refractivity contribution in [2.45, 2.75) is 45.6 Å². The van der Waals surface area contributed by atoms with Crippen molar-refractivity contribution < 1.29 is 4.79 Å². The van der Waals surface area contributed by atoms with Crippen molar-refractivity contribution in [2.75, 3.05) is 36.0 Å². The SMILES string of the molecule is Cc1nc(N2CCCCC2)ncc1C(=O)NCc1ccccc1N1CCCC1. The van der Waals surface area contributed by atoms with Crippen LogP contribution in [0.4, 0.5) is 11.6 Å². The van der Waals surface area contributed by atoms with Gasteiger partial charge in [0.2, 0.25) is 5.95 Å². The number of nitrogens with zero attached hydrogens (tertiary/aromatic N) is 4. The average molecular weight is 380 g/mol. The van der Waals surface area contributed by atoms with E-state index in [1.807, 2.05) is 13.0 Å². The predicted octanol–water partition coefficient (Wildman–Crippen LogP) is 3.31. The molecule has 0 aliphatic carbocycles. The molecule has 2 aromatic rings. The second-order valence-electron chi connectivity index (χ2n) is 7.72. The Morgan fingerprint density at radius 2 is 1.68 bits per heavy atom. The van der Waals surface area contributed by atoms with E-state index in [4.69, 9.17) is 0 Å². The molecule has 1 aromatic carbocycles. The van der Waals surface area contributed by atoms with Gasteiger partial charge in [0.15, 0.2) is 0 Å². The first-order valence-electron chi connectivity index (χ1n) is 10.4.